The summed E-state index contributed by atoms with van der Waals surface area (Å²) in [4.78, 5) is 9.00. The Balaban J connectivity index is 0. The number of hydrogen-bond acceptors (Lipinski definition) is 1. The topological polar surface area (TPSA) is 37.3 Å². The first-order chi connectivity index (χ1) is 4.50. The Bertz CT molecular complexity index is 91.4. The van der Waals surface area contributed by atoms with Gasteiger partial charge in [-0.1, -0.05) is 19.9 Å². The van der Waals surface area contributed by atoms with E-state index in [1.165, 1.54) is 0 Å². The molecule has 0 aromatic carbocycles. The van der Waals surface area contributed by atoms with E-state index < -0.39 is 5.97 Å². The van der Waals surface area contributed by atoms with Gasteiger partial charge in [0.1, 0.15) is 0 Å². The molecule has 0 rings (SSSR count). The summed E-state index contributed by atoms with van der Waals surface area (Å²) in [6, 6.07) is 0. The summed E-state index contributed by atoms with van der Waals surface area (Å²) in [6.45, 7) is 9.05. The zero-order valence-electron chi connectivity index (χ0n) is 6.92. The standard InChI is InChI=1S/C6H12.C2H4O2/c1-4-5-6(2)3;1-2(3)4/h4,6H,1,5H2,2-3H3;1H3,(H,3,4). The number of allylic oxidation sites excluding steroid dienone is 1. The Morgan fingerprint density at radius 1 is 1.70 bits per heavy atom. The van der Waals surface area contributed by atoms with E-state index in [2.05, 4.69) is 20.4 Å². The molecule has 0 aliphatic carbocycles. The van der Waals surface area contributed by atoms with Crippen LogP contribution in [-0.2, 0) is 4.79 Å². The van der Waals surface area contributed by atoms with E-state index in [9.17, 15) is 0 Å². The molecular weight excluding hydrogens is 128 g/mol. The highest BCUT2D eigenvalue weighted by atomic mass is 16.4. The number of aliphatic carboxylic acids is 1. The van der Waals surface area contributed by atoms with Gasteiger partial charge in [-0.3, -0.25) is 4.79 Å². The normalized spacial score (nSPS) is 8.00. The summed E-state index contributed by atoms with van der Waals surface area (Å²) >= 11 is 0. The van der Waals surface area contributed by atoms with Crippen molar-refractivity contribution in [3.05, 3.63) is 12.7 Å². The molecule has 10 heavy (non-hydrogen) atoms. The van der Waals surface area contributed by atoms with Gasteiger partial charge in [-0.2, -0.15) is 0 Å². The van der Waals surface area contributed by atoms with E-state index in [4.69, 9.17) is 9.90 Å². The Kier molecular flexibility index (Phi) is 9.80. The molecule has 0 atom stereocenters. The summed E-state index contributed by atoms with van der Waals surface area (Å²) in [5, 5.41) is 7.42. The molecule has 0 aliphatic rings. The van der Waals surface area contributed by atoms with Crippen molar-refractivity contribution in [2.75, 3.05) is 0 Å². The third kappa shape index (κ3) is 56.9. The van der Waals surface area contributed by atoms with Crippen LogP contribution in [0.2, 0.25) is 0 Å². The molecule has 0 saturated carbocycles. The zero-order valence-corrected chi connectivity index (χ0v) is 6.92. The van der Waals surface area contributed by atoms with Crippen LogP contribution in [0.25, 0.3) is 0 Å². The summed E-state index contributed by atoms with van der Waals surface area (Å²) < 4.78 is 0. The minimum absolute atomic E-state index is 0.780. The minimum atomic E-state index is -0.833. The van der Waals surface area contributed by atoms with Gasteiger partial charge >= 0.3 is 0 Å². The van der Waals surface area contributed by atoms with Gasteiger partial charge in [0, 0.05) is 6.92 Å². The fourth-order valence-corrected chi connectivity index (χ4v) is 0.333. The van der Waals surface area contributed by atoms with Crippen LogP contribution in [0.1, 0.15) is 27.2 Å². The van der Waals surface area contributed by atoms with E-state index in [0.29, 0.717) is 0 Å². The van der Waals surface area contributed by atoms with Crippen molar-refractivity contribution in [1.82, 2.24) is 0 Å². The Morgan fingerprint density at radius 2 is 2.00 bits per heavy atom. The van der Waals surface area contributed by atoms with Crippen LogP contribution in [-0.4, -0.2) is 11.1 Å². The third-order valence-corrected chi connectivity index (χ3v) is 0.638. The van der Waals surface area contributed by atoms with Gasteiger partial charge in [0.25, 0.3) is 5.97 Å². The highest BCUT2D eigenvalue weighted by Gasteiger charge is 1.82. The third-order valence-electron chi connectivity index (χ3n) is 0.638. The molecule has 0 aliphatic heterocycles. The second-order valence-electron chi connectivity index (χ2n) is 2.44. The van der Waals surface area contributed by atoms with Crippen LogP contribution in [0.3, 0.4) is 0 Å². The van der Waals surface area contributed by atoms with E-state index in [1.807, 2.05) is 6.08 Å². The average Bonchev–Trinajstić information content (AvgIpc) is 1.62. The Hall–Kier alpha value is -0.790. The smallest absolute Gasteiger partial charge is 0.300 e. The predicted molar refractivity (Wildman–Crippen MR) is 43.0 cm³/mol. The van der Waals surface area contributed by atoms with Crippen molar-refractivity contribution in [3.8, 4) is 0 Å². The molecular formula is C8H16O2. The number of hydrogen-bond donors (Lipinski definition) is 1. The van der Waals surface area contributed by atoms with E-state index in [-0.39, 0.29) is 0 Å². The summed E-state index contributed by atoms with van der Waals surface area (Å²) in [7, 11) is 0. The van der Waals surface area contributed by atoms with Crippen molar-refractivity contribution in [1.29, 1.82) is 0 Å². The van der Waals surface area contributed by atoms with Gasteiger partial charge in [-0.25, -0.2) is 0 Å². The van der Waals surface area contributed by atoms with Gasteiger partial charge in [-0.05, 0) is 12.3 Å². The lowest BCUT2D eigenvalue weighted by Crippen LogP contribution is -1.78. The molecule has 0 aromatic rings. The molecule has 0 heterocycles. The minimum Gasteiger partial charge on any atom is -0.481 e. The quantitative estimate of drug-likeness (QED) is 0.604. The maximum absolute atomic E-state index is 9.00. The van der Waals surface area contributed by atoms with Gasteiger partial charge in [-0.15, -0.1) is 6.58 Å². The first-order valence-electron chi connectivity index (χ1n) is 3.31. The monoisotopic (exact) mass is 144 g/mol. The lowest BCUT2D eigenvalue weighted by molar-refractivity contribution is -0.134. The molecule has 0 amide bonds. The predicted octanol–water partition coefficient (Wildman–Crippen LogP) is 2.31. The first kappa shape index (κ1) is 11.9. The van der Waals surface area contributed by atoms with E-state index >= 15 is 0 Å². The van der Waals surface area contributed by atoms with Crippen molar-refractivity contribution < 1.29 is 9.90 Å². The largest absolute Gasteiger partial charge is 0.481 e. The van der Waals surface area contributed by atoms with Gasteiger partial charge in [0.15, 0.2) is 0 Å². The second kappa shape index (κ2) is 8.21. The molecule has 60 valence electrons. The van der Waals surface area contributed by atoms with Crippen LogP contribution >= 0.6 is 0 Å². The van der Waals surface area contributed by atoms with Crippen molar-refractivity contribution in [3.63, 3.8) is 0 Å². The molecule has 0 bridgehead atoms. The number of carboxylic acids is 1. The van der Waals surface area contributed by atoms with Crippen LogP contribution in [0.4, 0.5) is 0 Å². The summed E-state index contributed by atoms with van der Waals surface area (Å²) in [5.74, 6) is -0.0532. The van der Waals surface area contributed by atoms with E-state index in [0.717, 1.165) is 19.3 Å². The molecule has 0 unspecified atom stereocenters. The highest BCUT2D eigenvalue weighted by Crippen LogP contribution is 1.96. The van der Waals surface area contributed by atoms with E-state index in [1.54, 1.807) is 0 Å². The Morgan fingerprint density at radius 3 is 2.00 bits per heavy atom. The van der Waals surface area contributed by atoms with Crippen molar-refractivity contribution in [2.45, 2.75) is 27.2 Å². The number of carboxylic acid groups (broad SMARTS) is 1. The van der Waals surface area contributed by atoms with Gasteiger partial charge < -0.3 is 5.11 Å². The van der Waals surface area contributed by atoms with Crippen molar-refractivity contribution in [2.24, 2.45) is 5.92 Å². The molecule has 0 spiro atoms. The highest BCUT2D eigenvalue weighted by molar-refractivity contribution is 5.62. The van der Waals surface area contributed by atoms with Crippen LogP contribution in [0.5, 0.6) is 0 Å². The number of carbonyl (C=O) groups is 1. The maximum Gasteiger partial charge on any atom is 0.300 e. The summed E-state index contributed by atoms with van der Waals surface area (Å²) in [6.07, 6.45) is 3.09. The fourth-order valence-electron chi connectivity index (χ4n) is 0.333. The van der Waals surface area contributed by atoms with Crippen molar-refractivity contribution >= 4 is 5.97 Å². The zero-order chi connectivity index (χ0) is 8.57. The van der Waals surface area contributed by atoms with Gasteiger partial charge in [0.2, 0.25) is 0 Å². The number of rotatable bonds is 2. The molecule has 2 heteroatoms. The SMILES string of the molecule is C=CCC(C)C.CC(=O)O. The van der Waals surface area contributed by atoms with Gasteiger partial charge in [0.05, 0.1) is 0 Å². The average molecular weight is 144 g/mol. The fraction of sp³-hybridized carbons (Fsp3) is 0.625. The summed E-state index contributed by atoms with van der Waals surface area (Å²) in [5.41, 5.74) is 0. The molecule has 0 fully saturated rings. The Labute approximate surface area is 62.6 Å². The van der Waals surface area contributed by atoms with Crippen LogP contribution in [0.15, 0.2) is 12.7 Å². The van der Waals surface area contributed by atoms with Crippen LogP contribution in [0, 0.1) is 5.92 Å². The molecule has 0 saturated heterocycles. The molecule has 2 nitrogen and oxygen atoms in total. The first-order valence-corrected chi connectivity index (χ1v) is 3.31. The molecule has 0 radical (unpaired) electrons. The lowest BCUT2D eigenvalue weighted by Gasteiger charge is -1.92. The molecule has 1 N–H and O–H groups in total. The second-order valence-corrected chi connectivity index (χ2v) is 2.44. The van der Waals surface area contributed by atoms with Crippen LogP contribution < -0.4 is 0 Å². The lowest BCUT2D eigenvalue weighted by atomic mass is 10.1. The maximum atomic E-state index is 9.00. The molecule has 0 aromatic heterocycles.